The minimum absolute atomic E-state index is 0. The lowest BCUT2D eigenvalue weighted by Gasteiger charge is -2.00. The fourth-order valence-electron chi connectivity index (χ4n) is 0.639. The lowest BCUT2D eigenvalue weighted by molar-refractivity contribution is -0.137. The Kier molecular flexibility index (Phi) is 2.46. The quantitative estimate of drug-likeness (QED) is 0.600. The Morgan fingerprint density at radius 3 is 2.22 bits per heavy atom. The molecule has 0 unspecified atom stereocenters. The van der Waals surface area contributed by atoms with Crippen LogP contribution in [0, 0.1) is 0 Å². The first-order valence-electron chi connectivity index (χ1n) is 2.63. The van der Waals surface area contributed by atoms with Crippen LogP contribution in [-0.4, -0.2) is 16.6 Å². The van der Waals surface area contributed by atoms with E-state index < -0.39 is 5.97 Å². The number of rotatable bonds is 2. The maximum Gasteiger partial charge on any atom is 0.305 e. The molecule has 54 valence electrons. The van der Waals surface area contributed by atoms with E-state index in [1.165, 1.54) is 0 Å². The smallest absolute Gasteiger partial charge is 0.305 e. The van der Waals surface area contributed by atoms with Crippen LogP contribution in [0.4, 0.5) is 0 Å². The second-order valence-corrected chi connectivity index (χ2v) is 2.43. The SMILES string of the molecule is Cl.NC1(CC(=O)O)CC1. The van der Waals surface area contributed by atoms with Gasteiger partial charge in [-0.15, -0.1) is 12.4 Å². The molecule has 0 aliphatic heterocycles. The van der Waals surface area contributed by atoms with Crippen molar-refractivity contribution in [1.29, 1.82) is 0 Å². The number of carboxylic acid groups (broad SMARTS) is 1. The van der Waals surface area contributed by atoms with E-state index in [2.05, 4.69) is 0 Å². The average molecular weight is 152 g/mol. The van der Waals surface area contributed by atoms with Crippen molar-refractivity contribution in [2.45, 2.75) is 24.8 Å². The molecule has 9 heavy (non-hydrogen) atoms. The van der Waals surface area contributed by atoms with Gasteiger partial charge in [0.2, 0.25) is 0 Å². The fraction of sp³-hybridized carbons (Fsp3) is 0.800. The van der Waals surface area contributed by atoms with E-state index in [1.54, 1.807) is 0 Å². The number of hydrogen-bond acceptors (Lipinski definition) is 2. The molecule has 0 radical (unpaired) electrons. The summed E-state index contributed by atoms with van der Waals surface area (Å²) in [6.07, 6.45) is 1.88. The van der Waals surface area contributed by atoms with Crippen molar-refractivity contribution in [2.75, 3.05) is 0 Å². The molecule has 0 aromatic carbocycles. The first-order valence-corrected chi connectivity index (χ1v) is 2.63. The van der Waals surface area contributed by atoms with Crippen LogP contribution < -0.4 is 5.73 Å². The number of aliphatic carboxylic acids is 1. The van der Waals surface area contributed by atoms with Gasteiger partial charge in [0.15, 0.2) is 0 Å². The summed E-state index contributed by atoms with van der Waals surface area (Å²) >= 11 is 0. The normalized spacial score (nSPS) is 20.1. The second kappa shape index (κ2) is 2.54. The molecule has 0 atom stereocenters. The van der Waals surface area contributed by atoms with Gasteiger partial charge in [-0.25, -0.2) is 0 Å². The van der Waals surface area contributed by atoms with Crippen LogP contribution in [-0.2, 0) is 4.79 Å². The minimum atomic E-state index is -0.787. The summed E-state index contributed by atoms with van der Waals surface area (Å²) in [5.41, 5.74) is 5.14. The molecule has 3 N–H and O–H groups in total. The predicted octanol–water partition coefficient (Wildman–Crippen LogP) is 0.374. The van der Waals surface area contributed by atoms with Crippen molar-refractivity contribution < 1.29 is 9.90 Å². The van der Waals surface area contributed by atoms with E-state index in [0.717, 1.165) is 12.8 Å². The van der Waals surface area contributed by atoms with E-state index in [9.17, 15) is 4.79 Å². The predicted molar refractivity (Wildman–Crippen MR) is 35.7 cm³/mol. The minimum Gasteiger partial charge on any atom is -0.481 e. The van der Waals surface area contributed by atoms with Crippen molar-refractivity contribution >= 4 is 18.4 Å². The Morgan fingerprint density at radius 2 is 2.11 bits per heavy atom. The van der Waals surface area contributed by atoms with Gasteiger partial charge in [0, 0.05) is 5.54 Å². The van der Waals surface area contributed by atoms with Gasteiger partial charge in [0.05, 0.1) is 6.42 Å². The summed E-state index contributed by atoms with van der Waals surface area (Å²) < 4.78 is 0. The summed E-state index contributed by atoms with van der Waals surface area (Å²) in [6.45, 7) is 0. The zero-order chi connectivity index (χ0) is 6.20. The molecule has 1 aliphatic rings. The fourth-order valence-corrected chi connectivity index (χ4v) is 0.639. The average Bonchev–Trinajstić information content (AvgIpc) is 2.17. The van der Waals surface area contributed by atoms with E-state index in [1.807, 2.05) is 0 Å². The summed E-state index contributed by atoms with van der Waals surface area (Å²) in [4.78, 5) is 9.97. The van der Waals surface area contributed by atoms with E-state index >= 15 is 0 Å². The first-order chi connectivity index (χ1) is 3.62. The van der Waals surface area contributed by atoms with E-state index in [4.69, 9.17) is 10.8 Å². The number of carbonyl (C=O) groups is 1. The Bertz CT molecular complexity index is 122. The van der Waals surface area contributed by atoms with E-state index in [-0.39, 0.29) is 24.4 Å². The highest BCUT2D eigenvalue weighted by Crippen LogP contribution is 2.35. The number of carboxylic acids is 1. The Morgan fingerprint density at radius 1 is 1.67 bits per heavy atom. The van der Waals surface area contributed by atoms with Crippen molar-refractivity contribution in [3.05, 3.63) is 0 Å². The molecule has 0 saturated heterocycles. The van der Waals surface area contributed by atoms with Crippen LogP contribution in [0.5, 0.6) is 0 Å². The highest BCUT2D eigenvalue weighted by atomic mass is 35.5. The first kappa shape index (κ1) is 8.72. The number of nitrogens with two attached hydrogens (primary N) is 1. The van der Waals surface area contributed by atoms with Crippen molar-refractivity contribution in [2.24, 2.45) is 5.73 Å². The van der Waals surface area contributed by atoms with Crippen LogP contribution in [0.2, 0.25) is 0 Å². The second-order valence-electron chi connectivity index (χ2n) is 2.43. The molecule has 0 spiro atoms. The Hall–Kier alpha value is -0.280. The maximum absolute atomic E-state index is 9.97. The van der Waals surface area contributed by atoms with Crippen LogP contribution in [0.25, 0.3) is 0 Å². The molecule has 3 nitrogen and oxygen atoms in total. The van der Waals surface area contributed by atoms with Gasteiger partial charge >= 0.3 is 5.97 Å². The lowest BCUT2D eigenvalue weighted by Crippen LogP contribution is -2.25. The molecular weight excluding hydrogens is 142 g/mol. The van der Waals surface area contributed by atoms with Crippen LogP contribution in [0.1, 0.15) is 19.3 Å². The topological polar surface area (TPSA) is 63.3 Å². The molecule has 0 heterocycles. The van der Waals surface area contributed by atoms with Crippen LogP contribution in [0.3, 0.4) is 0 Å². The van der Waals surface area contributed by atoms with Crippen LogP contribution >= 0.6 is 12.4 Å². The number of hydrogen-bond donors (Lipinski definition) is 2. The molecule has 1 saturated carbocycles. The van der Waals surface area contributed by atoms with E-state index in [0.29, 0.717) is 0 Å². The van der Waals surface area contributed by atoms with Gasteiger partial charge in [0.1, 0.15) is 0 Å². The lowest BCUT2D eigenvalue weighted by atomic mass is 10.2. The molecular formula is C5H10ClNO2. The monoisotopic (exact) mass is 151 g/mol. The van der Waals surface area contributed by atoms with Gasteiger partial charge in [-0.3, -0.25) is 4.79 Å². The van der Waals surface area contributed by atoms with Gasteiger partial charge in [-0.2, -0.15) is 0 Å². The third-order valence-corrected chi connectivity index (χ3v) is 1.40. The molecule has 4 heteroatoms. The van der Waals surface area contributed by atoms with Gasteiger partial charge in [-0.1, -0.05) is 0 Å². The Balaban J connectivity index is 0.000000640. The van der Waals surface area contributed by atoms with Crippen molar-refractivity contribution in [3.63, 3.8) is 0 Å². The molecule has 1 rings (SSSR count). The molecule has 0 bridgehead atoms. The standard InChI is InChI=1S/C5H9NO2.ClH/c6-5(1-2-5)3-4(7)8;/h1-3,6H2,(H,7,8);1H. The zero-order valence-electron chi connectivity index (χ0n) is 4.96. The third kappa shape index (κ3) is 2.67. The Labute approximate surface area is 59.6 Å². The summed E-state index contributed by atoms with van der Waals surface area (Å²) in [5.74, 6) is -0.787. The molecule has 1 fully saturated rings. The third-order valence-electron chi connectivity index (χ3n) is 1.40. The van der Waals surface area contributed by atoms with Crippen LogP contribution in [0.15, 0.2) is 0 Å². The van der Waals surface area contributed by atoms with Gasteiger partial charge < -0.3 is 10.8 Å². The summed E-state index contributed by atoms with van der Waals surface area (Å²) in [5, 5.41) is 8.21. The molecule has 1 aliphatic carbocycles. The maximum atomic E-state index is 9.97. The number of halogens is 1. The molecule has 0 amide bonds. The summed E-state index contributed by atoms with van der Waals surface area (Å²) in [6, 6.07) is 0. The molecule has 0 aromatic heterocycles. The zero-order valence-corrected chi connectivity index (χ0v) is 5.78. The van der Waals surface area contributed by atoms with Gasteiger partial charge in [0.25, 0.3) is 0 Å². The van der Waals surface area contributed by atoms with Crippen molar-refractivity contribution in [1.82, 2.24) is 0 Å². The highest BCUT2D eigenvalue weighted by Gasteiger charge is 2.39. The highest BCUT2D eigenvalue weighted by molar-refractivity contribution is 5.85. The van der Waals surface area contributed by atoms with Gasteiger partial charge in [-0.05, 0) is 12.8 Å². The van der Waals surface area contributed by atoms with Crippen molar-refractivity contribution in [3.8, 4) is 0 Å². The largest absolute Gasteiger partial charge is 0.481 e. The summed E-state index contributed by atoms with van der Waals surface area (Å²) in [7, 11) is 0. The molecule has 0 aromatic rings.